The van der Waals surface area contributed by atoms with Crippen LogP contribution < -0.4 is 0 Å². The molecular weight excluding hydrogens is 165 g/mol. The van der Waals surface area contributed by atoms with Crippen LogP contribution in [0.3, 0.4) is 0 Å². The van der Waals surface area contributed by atoms with E-state index in [0.717, 1.165) is 0 Å². The summed E-state index contributed by atoms with van der Waals surface area (Å²) in [6.45, 7) is 0. The minimum absolute atomic E-state index is 0. The van der Waals surface area contributed by atoms with Gasteiger partial charge in [0.25, 0.3) is 0 Å². The van der Waals surface area contributed by atoms with E-state index in [2.05, 4.69) is 0 Å². The van der Waals surface area contributed by atoms with E-state index in [0.29, 0.717) is 0 Å². The van der Waals surface area contributed by atoms with Crippen LogP contribution in [0.4, 0.5) is 0 Å². The molecule has 0 bridgehead atoms. The number of rotatable bonds is 0. The summed E-state index contributed by atoms with van der Waals surface area (Å²) in [4.78, 5) is 0. The van der Waals surface area contributed by atoms with Gasteiger partial charge in [0.2, 0.25) is 0 Å². The number of hydrogen-bond donors (Lipinski definition) is 0. The Morgan fingerprint density at radius 2 is 0.750 bits per heavy atom. The minimum atomic E-state index is 0. The van der Waals surface area contributed by atoms with Crippen LogP contribution in [0.2, 0.25) is 0 Å². The standard InChI is InChI=1S/Al.2Mn.Si. The summed E-state index contributed by atoms with van der Waals surface area (Å²) in [6, 6.07) is 0. The van der Waals surface area contributed by atoms with Gasteiger partial charge in [0.1, 0.15) is 0 Å². The van der Waals surface area contributed by atoms with E-state index in [9.17, 15) is 0 Å². The molecule has 0 aliphatic rings. The Kier molecular flexibility index (Phi) is 223. The van der Waals surface area contributed by atoms with Crippen LogP contribution >= 0.6 is 0 Å². The SMILES string of the molecule is [Al].[Mn].[Mn].[Si]. The van der Waals surface area contributed by atoms with Gasteiger partial charge in [-0.25, -0.2) is 0 Å². The van der Waals surface area contributed by atoms with Crippen molar-refractivity contribution in [1.29, 1.82) is 0 Å². The fourth-order valence-electron chi connectivity index (χ4n) is 0. The van der Waals surface area contributed by atoms with Crippen molar-refractivity contribution in [1.82, 2.24) is 0 Å². The molecule has 0 aliphatic carbocycles. The smallest absolute Gasteiger partial charge is 0 e. The predicted octanol–water partition coefficient (Wildman–Crippen LogP) is -0.767. The van der Waals surface area contributed by atoms with Gasteiger partial charge >= 0.3 is 0 Å². The number of hydrogen-bond acceptors (Lipinski definition) is 0. The average Bonchev–Trinajstić information content (AvgIpc) is 0. The van der Waals surface area contributed by atoms with Crippen molar-refractivity contribution >= 4 is 28.3 Å². The van der Waals surface area contributed by atoms with E-state index in [1.165, 1.54) is 0 Å². The van der Waals surface area contributed by atoms with Crippen molar-refractivity contribution in [2.24, 2.45) is 0 Å². The van der Waals surface area contributed by atoms with Gasteiger partial charge < -0.3 is 0 Å². The predicted molar refractivity (Wildman–Crippen MR) is 11.5 cm³/mol. The average molecular weight is 165 g/mol. The first kappa shape index (κ1) is 41.5. The van der Waals surface area contributed by atoms with Crippen molar-refractivity contribution < 1.29 is 34.1 Å². The monoisotopic (exact) mass is 165 g/mol. The third-order valence-corrected chi connectivity index (χ3v) is 0. The molecule has 0 aromatic rings. The van der Waals surface area contributed by atoms with Crippen LogP contribution in [0.25, 0.3) is 0 Å². The van der Waals surface area contributed by atoms with Gasteiger partial charge in [-0.15, -0.1) is 0 Å². The molecule has 0 heterocycles. The van der Waals surface area contributed by atoms with Gasteiger partial charge in [-0.3, -0.25) is 0 Å². The third-order valence-electron chi connectivity index (χ3n) is 0. The zero-order chi connectivity index (χ0) is 0. The Bertz CT molecular complexity index is 6.00. The van der Waals surface area contributed by atoms with Gasteiger partial charge in [0.15, 0.2) is 0 Å². The fraction of sp³-hybridized carbons (Fsp3) is 0. The molecule has 4 heavy (non-hydrogen) atoms. The Morgan fingerprint density at radius 3 is 0.750 bits per heavy atom. The minimum Gasteiger partial charge on any atom is 0 e. The van der Waals surface area contributed by atoms with Crippen molar-refractivity contribution in [2.45, 2.75) is 0 Å². The van der Waals surface area contributed by atoms with Crippen molar-refractivity contribution in [3.63, 3.8) is 0 Å². The van der Waals surface area contributed by atoms with Gasteiger partial charge in [0, 0.05) is 62.5 Å². The maximum Gasteiger partial charge on any atom is 0 e. The summed E-state index contributed by atoms with van der Waals surface area (Å²) >= 11 is 0. The normalized spacial score (nSPS) is 0. The molecule has 0 aliphatic heterocycles. The van der Waals surface area contributed by atoms with Gasteiger partial charge in [-0.2, -0.15) is 0 Å². The second-order valence-electron chi connectivity index (χ2n) is 0. The first-order valence-corrected chi connectivity index (χ1v) is 0. The second-order valence-corrected chi connectivity index (χ2v) is 0. The van der Waals surface area contributed by atoms with Crippen LogP contribution in [0.5, 0.6) is 0 Å². The molecule has 0 spiro atoms. The molecule has 0 fully saturated rings. The zero-order valence-corrected chi connectivity index (χ0v) is 6.35. The molecule has 0 aromatic heterocycles. The van der Waals surface area contributed by atoms with E-state index >= 15 is 0 Å². The van der Waals surface area contributed by atoms with Crippen LogP contribution in [-0.4, -0.2) is 28.3 Å². The Morgan fingerprint density at radius 1 is 0.750 bits per heavy atom. The van der Waals surface area contributed by atoms with Crippen LogP contribution in [0, 0.1) is 0 Å². The van der Waals surface area contributed by atoms with Gasteiger partial charge in [-0.1, -0.05) is 0 Å². The Hall–Kier alpha value is 1.79. The first-order chi connectivity index (χ1) is 0. The summed E-state index contributed by atoms with van der Waals surface area (Å²) < 4.78 is 0. The molecule has 0 saturated heterocycles. The van der Waals surface area contributed by atoms with Crippen molar-refractivity contribution in [2.75, 3.05) is 0 Å². The van der Waals surface area contributed by atoms with E-state index in [4.69, 9.17) is 0 Å². The van der Waals surface area contributed by atoms with E-state index in [1.54, 1.807) is 0 Å². The van der Waals surface area contributed by atoms with Crippen LogP contribution in [0.15, 0.2) is 0 Å². The quantitative estimate of drug-likeness (QED) is 0.413. The fourth-order valence-corrected chi connectivity index (χ4v) is 0. The molecule has 0 amide bonds. The summed E-state index contributed by atoms with van der Waals surface area (Å²) in [5.41, 5.74) is 0. The van der Waals surface area contributed by atoms with Gasteiger partial charge in [-0.05, 0) is 0 Å². The summed E-state index contributed by atoms with van der Waals surface area (Å²) in [5, 5.41) is 0. The molecule has 0 nitrogen and oxygen atoms in total. The largest absolute Gasteiger partial charge is 0 e. The molecule has 0 rings (SSSR count). The second kappa shape index (κ2) is 21.5. The van der Waals surface area contributed by atoms with Crippen molar-refractivity contribution in [3.8, 4) is 0 Å². The molecule has 4 heteroatoms. The molecule has 0 N–H and O–H groups in total. The zero-order valence-electron chi connectivity index (χ0n) is 1.83. The van der Waals surface area contributed by atoms with E-state index < -0.39 is 0 Å². The van der Waals surface area contributed by atoms with E-state index in [1.807, 2.05) is 0 Å². The maximum absolute atomic E-state index is 0. The van der Waals surface area contributed by atoms with Crippen LogP contribution in [0.1, 0.15) is 0 Å². The first-order valence-electron chi connectivity index (χ1n) is 0. The topological polar surface area (TPSA) is 0 Å². The molecule has 0 atom stereocenters. The molecule has 0 unspecified atom stereocenters. The molecule has 0 aromatic carbocycles. The summed E-state index contributed by atoms with van der Waals surface area (Å²) in [6.07, 6.45) is 0. The molecule has 9 radical (unpaired) electrons. The Balaban J connectivity index is 0. The molecular formula is AlMn2Si. The molecule has 0 saturated carbocycles. The van der Waals surface area contributed by atoms with E-state index in [-0.39, 0.29) is 62.5 Å². The van der Waals surface area contributed by atoms with Gasteiger partial charge in [0.05, 0.1) is 0 Å². The third kappa shape index (κ3) is 9.21. The molecule has 21 valence electrons. The Labute approximate surface area is 62.2 Å². The van der Waals surface area contributed by atoms with Crippen molar-refractivity contribution in [3.05, 3.63) is 0 Å². The summed E-state index contributed by atoms with van der Waals surface area (Å²) in [5.74, 6) is 0. The maximum atomic E-state index is 0. The summed E-state index contributed by atoms with van der Waals surface area (Å²) in [7, 11) is 0. The van der Waals surface area contributed by atoms with Crippen LogP contribution in [-0.2, 0) is 34.1 Å².